The van der Waals surface area contributed by atoms with Crippen LogP contribution in [0.25, 0.3) is 0 Å². The zero-order valence-corrected chi connectivity index (χ0v) is 13.1. The van der Waals surface area contributed by atoms with Crippen molar-refractivity contribution in [2.45, 2.75) is 20.0 Å². The smallest absolute Gasteiger partial charge is 0.292 e. The molecule has 21 heavy (non-hydrogen) atoms. The fourth-order valence-corrected chi connectivity index (χ4v) is 2.87. The molecule has 1 aromatic heterocycles. The monoisotopic (exact) mass is 306 g/mol. The zero-order chi connectivity index (χ0) is 15.4. The Morgan fingerprint density at radius 2 is 2.19 bits per heavy atom. The number of nitro benzene ring substituents is 1. The lowest BCUT2D eigenvalue weighted by molar-refractivity contribution is -0.384. The molecule has 0 aliphatic carbocycles. The second-order valence-electron chi connectivity index (χ2n) is 4.85. The summed E-state index contributed by atoms with van der Waals surface area (Å²) in [4.78, 5) is 17.2. The van der Waals surface area contributed by atoms with Crippen LogP contribution in [-0.4, -0.2) is 28.9 Å². The minimum atomic E-state index is -0.362. The van der Waals surface area contributed by atoms with Gasteiger partial charge >= 0.3 is 0 Å². The molecule has 0 atom stereocenters. The number of nitro groups is 1. The van der Waals surface area contributed by atoms with Crippen molar-refractivity contribution in [2.75, 3.05) is 19.4 Å². The van der Waals surface area contributed by atoms with Crippen LogP contribution in [0.3, 0.4) is 0 Å². The first kappa shape index (κ1) is 15.4. The summed E-state index contributed by atoms with van der Waals surface area (Å²) in [5.74, 6) is 0. The summed E-state index contributed by atoms with van der Waals surface area (Å²) >= 11 is 1.63. The van der Waals surface area contributed by atoms with Gasteiger partial charge < -0.3 is 5.32 Å². The molecule has 0 saturated heterocycles. The van der Waals surface area contributed by atoms with Crippen LogP contribution in [-0.2, 0) is 13.1 Å². The van der Waals surface area contributed by atoms with Gasteiger partial charge in [0.15, 0.2) is 0 Å². The maximum Gasteiger partial charge on any atom is 0.292 e. The van der Waals surface area contributed by atoms with Crippen LogP contribution in [0.5, 0.6) is 0 Å². The summed E-state index contributed by atoms with van der Waals surface area (Å²) in [5, 5.41) is 17.1. The van der Waals surface area contributed by atoms with E-state index < -0.39 is 0 Å². The molecule has 0 saturated carbocycles. The molecule has 2 aromatic rings. The van der Waals surface area contributed by atoms with E-state index in [1.165, 1.54) is 6.07 Å². The molecular weight excluding hydrogens is 288 g/mol. The number of nitrogens with zero attached hydrogens (tertiary/aromatic N) is 3. The molecule has 0 unspecified atom stereocenters. The standard InChI is InChI=1S/C14H18N4O2S/c1-10-16-12(9-21-10)8-17(3)7-11-5-4-6-13(18(19)20)14(11)15-2/h4-6,9,15H,7-8H2,1-3H3. The Hall–Kier alpha value is -1.99. The van der Waals surface area contributed by atoms with E-state index in [2.05, 4.69) is 15.2 Å². The number of rotatable bonds is 6. The molecule has 0 fully saturated rings. The van der Waals surface area contributed by atoms with E-state index in [1.807, 2.05) is 25.4 Å². The molecule has 1 heterocycles. The molecule has 7 heteroatoms. The minimum Gasteiger partial charge on any atom is -0.382 e. The summed E-state index contributed by atoms with van der Waals surface area (Å²) in [6.45, 7) is 3.32. The van der Waals surface area contributed by atoms with Gasteiger partial charge in [0.2, 0.25) is 0 Å². The number of anilines is 1. The van der Waals surface area contributed by atoms with Crippen LogP contribution >= 0.6 is 11.3 Å². The summed E-state index contributed by atoms with van der Waals surface area (Å²) in [6.07, 6.45) is 0. The van der Waals surface area contributed by atoms with E-state index in [0.29, 0.717) is 12.2 Å². The molecule has 0 radical (unpaired) electrons. The molecule has 0 aliphatic rings. The van der Waals surface area contributed by atoms with Crippen LogP contribution in [0.1, 0.15) is 16.3 Å². The third-order valence-electron chi connectivity index (χ3n) is 3.11. The lowest BCUT2D eigenvalue weighted by Crippen LogP contribution is -2.18. The van der Waals surface area contributed by atoms with Gasteiger partial charge in [-0.2, -0.15) is 0 Å². The number of benzene rings is 1. The van der Waals surface area contributed by atoms with Gasteiger partial charge in [-0.3, -0.25) is 15.0 Å². The Morgan fingerprint density at radius 1 is 1.43 bits per heavy atom. The van der Waals surface area contributed by atoms with Gasteiger partial charge in [-0.15, -0.1) is 11.3 Å². The first-order valence-corrected chi connectivity index (χ1v) is 7.42. The largest absolute Gasteiger partial charge is 0.382 e. The van der Waals surface area contributed by atoms with Crippen LogP contribution < -0.4 is 5.32 Å². The summed E-state index contributed by atoms with van der Waals surface area (Å²) in [6, 6.07) is 5.13. The molecule has 2 rings (SSSR count). The highest BCUT2D eigenvalue weighted by molar-refractivity contribution is 7.09. The number of hydrogen-bond acceptors (Lipinski definition) is 6. The highest BCUT2D eigenvalue weighted by Crippen LogP contribution is 2.28. The normalized spacial score (nSPS) is 10.9. The van der Waals surface area contributed by atoms with Crippen molar-refractivity contribution >= 4 is 22.7 Å². The summed E-state index contributed by atoms with van der Waals surface area (Å²) < 4.78 is 0. The van der Waals surface area contributed by atoms with Crippen LogP contribution in [0, 0.1) is 17.0 Å². The van der Waals surface area contributed by atoms with E-state index in [1.54, 1.807) is 24.5 Å². The first-order chi connectivity index (χ1) is 10.0. The van der Waals surface area contributed by atoms with Crippen molar-refractivity contribution in [3.05, 3.63) is 50.0 Å². The molecule has 112 valence electrons. The fourth-order valence-electron chi connectivity index (χ4n) is 2.26. The quantitative estimate of drug-likeness (QED) is 0.656. The van der Waals surface area contributed by atoms with Crippen LogP contribution in [0.2, 0.25) is 0 Å². The fraction of sp³-hybridized carbons (Fsp3) is 0.357. The Labute approximate surface area is 127 Å². The van der Waals surface area contributed by atoms with Crippen molar-refractivity contribution in [2.24, 2.45) is 0 Å². The number of thiazole rings is 1. The Morgan fingerprint density at radius 3 is 2.76 bits per heavy atom. The molecule has 0 aliphatic heterocycles. The third-order valence-corrected chi connectivity index (χ3v) is 3.94. The number of aryl methyl sites for hydroxylation is 1. The molecule has 0 amide bonds. The van der Waals surface area contributed by atoms with Gasteiger partial charge in [-0.1, -0.05) is 12.1 Å². The predicted molar refractivity (Wildman–Crippen MR) is 84.7 cm³/mol. The number of hydrogen-bond donors (Lipinski definition) is 1. The Bertz CT molecular complexity index is 642. The number of nitrogens with one attached hydrogen (secondary N) is 1. The van der Waals surface area contributed by atoms with E-state index in [9.17, 15) is 10.1 Å². The van der Waals surface area contributed by atoms with E-state index >= 15 is 0 Å². The lowest BCUT2D eigenvalue weighted by atomic mass is 10.1. The van der Waals surface area contributed by atoms with Crippen molar-refractivity contribution in [1.29, 1.82) is 0 Å². The maximum atomic E-state index is 11.1. The summed E-state index contributed by atoms with van der Waals surface area (Å²) in [5.41, 5.74) is 2.61. The highest BCUT2D eigenvalue weighted by Gasteiger charge is 2.17. The van der Waals surface area contributed by atoms with Gasteiger partial charge in [-0.05, 0) is 19.5 Å². The highest BCUT2D eigenvalue weighted by atomic mass is 32.1. The minimum absolute atomic E-state index is 0.105. The SMILES string of the molecule is CNc1c(CN(C)Cc2csc(C)n2)cccc1[N+](=O)[O-]. The van der Waals surface area contributed by atoms with Gasteiger partial charge in [0.05, 0.1) is 15.6 Å². The Balaban J connectivity index is 2.15. The average molecular weight is 306 g/mol. The molecule has 0 spiro atoms. The molecule has 6 nitrogen and oxygen atoms in total. The van der Waals surface area contributed by atoms with Gasteiger partial charge in [0, 0.05) is 31.6 Å². The summed E-state index contributed by atoms with van der Waals surface area (Å²) in [7, 11) is 3.68. The maximum absolute atomic E-state index is 11.1. The molecule has 1 aromatic carbocycles. The van der Waals surface area contributed by atoms with Gasteiger partial charge in [0.1, 0.15) is 5.69 Å². The zero-order valence-electron chi connectivity index (χ0n) is 12.3. The molecular formula is C14H18N4O2S. The van der Waals surface area contributed by atoms with Crippen molar-refractivity contribution < 1.29 is 4.92 Å². The van der Waals surface area contributed by atoms with Crippen molar-refractivity contribution in [3.63, 3.8) is 0 Å². The van der Waals surface area contributed by atoms with Crippen LogP contribution in [0.15, 0.2) is 23.6 Å². The first-order valence-electron chi connectivity index (χ1n) is 6.55. The van der Waals surface area contributed by atoms with Gasteiger partial charge in [0.25, 0.3) is 5.69 Å². The predicted octanol–water partition coefficient (Wildman–Crippen LogP) is 3.03. The van der Waals surface area contributed by atoms with Gasteiger partial charge in [-0.25, -0.2) is 4.98 Å². The van der Waals surface area contributed by atoms with E-state index in [4.69, 9.17) is 0 Å². The number of aromatic nitrogens is 1. The second kappa shape index (κ2) is 6.64. The van der Waals surface area contributed by atoms with Crippen LogP contribution in [0.4, 0.5) is 11.4 Å². The Kier molecular flexibility index (Phi) is 4.87. The average Bonchev–Trinajstić information content (AvgIpc) is 2.83. The molecule has 1 N–H and O–H groups in total. The van der Waals surface area contributed by atoms with Crippen molar-refractivity contribution in [3.8, 4) is 0 Å². The van der Waals surface area contributed by atoms with E-state index in [0.717, 1.165) is 22.8 Å². The number of para-hydroxylation sites is 1. The lowest BCUT2D eigenvalue weighted by Gasteiger charge is -2.17. The van der Waals surface area contributed by atoms with E-state index in [-0.39, 0.29) is 10.6 Å². The molecule has 0 bridgehead atoms. The third kappa shape index (κ3) is 3.77. The van der Waals surface area contributed by atoms with Crippen molar-refractivity contribution in [1.82, 2.24) is 9.88 Å². The second-order valence-corrected chi connectivity index (χ2v) is 5.91. The topological polar surface area (TPSA) is 71.3 Å².